The van der Waals surface area contributed by atoms with E-state index in [0.717, 1.165) is 26.1 Å². The second-order valence-electron chi connectivity index (χ2n) is 5.02. The van der Waals surface area contributed by atoms with Crippen molar-refractivity contribution in [2.45, 2.75) is 52.3 Å². The first kappa shape index (κ1) is 16.4. The van der Waals surface area contributed by atoms with Gasteiger partial charge in [0.05, 0.1) is 19.3 Å². The number of nitrogens with zero attached hydrogens (tertiary/aromatic N) is 1. The summed E-state index contributed by atoms with van der Waals surface area (Å²) in [4.78, 5) is 14.3. The molecule has 1 rings (SSSR count). The summed E-state index contributed by atoms with van der Waals surface area (Å²) in [5, 5.41) is 3.22. The Hall–Kier alpha value is -0.650. The Morgan fingerprint density at radius 1 is 1.47 bits per heavy atom. The van der Waals surface area contributed by atoms with Crippen LogP contribution in [0.2, 0.25) is 0 Å². The summed E-state index contributed by atoms with van der Waals surface area (Å²) in [5.74, 6) is -0.154. The number of nitrogens with one attached hydrogen (secondary N) is 1. The summed E-state index contributed by atoms with van der Waals surface area (Å²) in [7, 11) is 0. The second kappa shape index (κ2) is 8.51. The Bertz CT molecular complexity index is 273. The fraction of sp³-hybridized carbons (Fsp3) is 0.929. The molecule has 0 radical (unpaired) electrons. The van der Waals surface area contributed by atoms with Crippen LogP contribution in [0.4, 0.5) is 0 Å². The van der Waals surface area contributed by atoms with E-state index in [1.807, 2.05) is 13.8 Å². The number of hydrogen-bond acceptors (Lipinski definition) is 5. The van der Waals surface area contributed by atoms with Gasteiger partial charge in [-0.2, -0.15) is 0 Å². The summed E-state index contributed by atoms with van der Waals surface area (Å²) < 4.78 is 10.8. The van der Waals surface area contributed by atoms with Gasteiger partial charge in [-0.3, -0.25) is 9.69 Å². The molecule has 1 aliphatic rings. The fourth-order valence-electron chi connectivity index (χ4n) is 2.46. The van der Waals surface area contributed by atoms with E-state index in [1.165, 1.54) is 0 Å². The predicted octanol–water partition coefficient (Wildman–Crippen LogP) is 1.03. The third-order valence-electron chi connectivity index (χ3n) is 3.49. The lowest BCUT2D eigenvalue weighted by atomic mass is 10.1. The standard InChI is InChI=1S/C14H28N2O3/c1-5-12-10-19-11(4)8-16(12)9-13(15-6-2)14(17)18-7-3/h11-13,15H,5-10H2,1-4H3. The van der Waals surface area contributed by atoms with Crippen molar-refractivity contribution in [2.75, 3.05) is 32.8 Å². The fourth-order valence-corrected chi connectivity index (χ4v) is 2.46. The minimum absolute atomic E-state index is 0.154. The van der Waals surface area contributed by atoms with Crippen LogP contribution in [0.25, 0.3) is 0 Å². The maximum atomic E-state index is 11.9. The lowest BCUT2D eigenvalue weighted by Gasteiger charge is -2.39. The summed E-state index contributed by atoms with van der Waals surface area (Å²) in [6.45, 7) is 11.6. The molecule has 0 saturated carbocycles. The number of ether oxygens (including phenoxy) is 2. The van der Waals surface area contributed by atoms with Crippen LogP contribution in [0.15, 0.2) is 0 Å². The largest absolute Gasteiger partial charge is 0.465 e. The zero-order chi connectivity index (χ0) is 14.3. The Morgan fingerprint density at radius 2 is 2.21 bits per heavy atom. The first-order valence-corrected chi connectivity index (χ1v) is 7.37. The first-order valence-electron chi connectivity index (χ1n) is 7.37. The first-order chi connectivity index (χ1) is 9.12. The molecule has 3 atom stereocenters. The Labute approximate surface area is 116 Å². The highest BCUT2D eigenvalue weighted by molar-refractivity contribution is 5.76. The highest BCUT2D eigenvalue weighted by Crippen LogP contribution is 2.15. The zero-order valence-electron chi connectivity index (χ0n) is 12.6. The number of carbonyl (C=O) groups excluding carboxylic acids is 1. The van der Waals surface area contributed by atoms with Crippen LogP contribution in [-0.4, -0.2) is 61.9 Å². The molecule has 0 aromatic heterocycles. The minimum atomic E-state index is -0.246. The van der Waals surface area contributed by atoms with Crippen molar-refractivity contribution < 1.29 is 14.3 Å². The van der Waals surface area contributed by atoms with Gasteiger partial charge in [0.25, 0.3) is 0 Å². The van der Waals surface area contributed by atoms with Crippen LogP contribution in [0.1, 0.15) is 34.1 Å². The van der Waals surface area contributed by atoms with Crippen LogP contribution < -0.4 is 5.32 Å². The third kappa shape index (κ3) is 5.09. The molecular formula is C14H28N2O3. The second-order valence-corrected chi connectivity index (χ2v) is 5.02. The van der Waals surface area contributed by atoms with Crippen molar-refractivity contribution >= 4 is 5.97 Å². The predicted molar refractivity (Wildman–Crippen MR) is 75.2 cm³/mol. The number of hydrogen-bond donors (Lipinski definition) is 1. The molecule has 5 heteroatoms. The smallest absolute Gasteiger partial charge is 0.324 e. The van der Waals surface area contributed by atoms with Gasteiger partial charge in [0.2, 0.25) is 0 Å². The molecule has 1 saturated heterocycles. The van der Waals surface area contributed by atoms with E-state index >= 15 is 0 Å². The summed E-state index contributed by atoms with van der Waals surface area (Å²) in [5.41, 5.74) is 0. The summed E-state index contributed by atoms with van der Waals surface area (Å²) in [6, 6.07) is 0.149. The Morgan fingerprint density at radius 3 is 2.79 bits per heavy atom. The average Bonchev–Trinajstić information content (AvgIpc) is 2.39. The number of carbonyl (C=O) groups is 1. The van der Waals surface area contributed by atoms with Gasteiger partial charge in [-0.25, -0.2) is 0 Å². The van der Waals surface area contributed by atoms with Crippen LogP contribution >= 0.6 is 0 Å². The van der Waals surface area contributed by atoms with Crippen molar-refractivity contribution in [3.05, 3.63) is 0 Å². The van der Waals surface area contributed by atoms with Crippen LogP contribution in [0, 0.1) is 0 Å². The van der Waals surface area contributed by atoms with Crippen molar-refractivity contribution in [3.8, 4) is 0 Å². The SMILES string of the molecule is CCNC(CN1CC(C)OCC1CC)C(=O)OCC. The van der Waals surface area contributed by atoms with Crippen molar-refractivity contribution in [2.24, 2.45) is 0 Å². The molecule has 112 valence electrons. The number of rotatable bonds is 7. The van der Waals surface area contributed by atoms with E-state index in [0.29, 0.717) is 19.2 Å². The molecule has 0 aromatic carbocycles. The van der Waals surface area contributed by atoms with Gasteiger partial charge in [-0.1, -0.05) is 13.8 Å². The summed E-state index contributed by atoms with van der Waals surface area (Å²) >= 11 is 0. The monoisotopic (exact) mass is 272 g/mol. The molecule has 0 bridgehead atoms. The average molecular weight is 272 g/mol. The molecule has 3 unspecified atom stereocenters. The molecule has 1 fully saturated rings. The minimum Gasteiger partial charge on any atom is -0.465 e. The van der Waals surface area contributed by atoms with E-state index in [1.54, 1.807) is 0 Å². The molecule has 1 aliphatic heterocycles. The Balaban J connectivity index is 2.61. The maximum Gasteiger partial charge on any atom is 0.324 e. The van der Waals surface area contributed by atoms with E-state index in [-0.39, 0.29) is 18.1 Å². The number of morpholine rings is 1. The number of esters is 1. The third-order valence-corrected chi connectivity index (χ3v) is 3.49. The molecule has 0 spiro atoms. The molecule has 1 heterocycles. The van der Waals surface area contributed by atoms with E-state index in [4.69, 9.17) is 9.47 Å². The van der Waals surface area contributed by atoms with Gasteiger partial charge in [0.1, 0.15) is 6.04 Å². The zero-order valence-corrected chi connectivity index (χ0v) is 12.6. The van der Waals surface area contributed by atoms with E-state index in [2.05, 4.69) is 24.1 Å². The maximum absolute atomic E-state index is 11.9. The Kier molecular flexibility index (Phi) is 7.34. The quantitative estimate of drug-likeness (QED) is 0.702. The number of likely N-dealkylation sites (N-methyl/N-ethyl adjacent to an activating group) is 1. The topological polar surface area (TPSA) is 50.8 Å². The van der Waals surface area contributed by atoms with Gasteiger partial charge in [-0.15, -0.1) is 0 Å². The van der Waals surface area contributed by atoms with Crippen molar-refractivity contribution in [1.82, 2.24) is 10.2 Å². The van der Waals surface area contributed by atoms with Crippen LogP contribution in [0.5, 0.6) is 0 Å². The molecular weight excluding hydrogens is 244 g/mol. The lowest BCUT2D eigenvalue weighted by Crippen LogP contribution is -2.55. The molecule has 1 N–H and O–H groups in total. The molecule has 19 heavy (non-hydrogen) atoms. The molecule has 0 aromatic rings. The van der Waals surface area contributed by atoms with Crippen LogP contribution in [-0.2, 0) is 14.3 Å². The van der Waals surface area contributed by atoms with Gasteiger partial charge in [0.15, 0.2) is 0 Å². The van der Waals surface area contributed by atoms with Crippen molar-refractivity contribution in [1.29, 1.82) is 0 Å². The highest BCUT2D eigenvalue weighted by atomic mass is 16.5. The van der Waals surface area contributed by atoms with E-state index < -0.39 is 0 Å². The molecule has 0 amide bonds. The highest BCUT2D eigenvalue weighted by Gasteiger charge is 2.30. The van der Waals surface area contributed by atoms with Gasteiger partial charge >= 0.3 is 5.97 Å². The lowest BCUT2D eigenvalue weighted by molar-refractivity contribution is -0.147. The summed E-state index contributed by atoms with van der Waals surface area (Å²) in [6.07, 6.45) is 1.27. The van der Waals surface area contributed by atoms with Crippen LogP contribution in [0.3, 0.4) is 0 Å². The van der Waals surface area contributed by atoms with Gasteiger partial charge in [0, 0.05) is 19.1 Å². The molecule has 5 nitrogen and oxygen atoms in total. The van der Waals surface area contributed by atoms with Gasteiger partial charge < -0.3 is 14.8 Å². The van der Waals surface area contributed by atoms with E-state index in [9.17, 15) is 4.79 Å². The molecule has 0 aliphatic carbocycles. The van der Waals surface area contributed by atoms with Crippen molar-refractivity contribution in [3.63, 3.8) is 0 Å². The van der Waals surface area contributed by atoms with Gasteiger partial charge in [-0.05, 0) is 26.8 Å². The normalized spacial score (nSPS) is 26.1.